The summed E-state index contributed by atoms with van der Waals surface area (Å²) in [5.41, 5.74) is 5.96. The van der Waals surface area contributed by atoms with Crippen molar-refractivity contribution >= 4 is 29.4 Å². The standard InChI is InChI=1S/C10H20N2S2/c1-4-5-12-10(11)9-6-13-7(2)8(3)14-9/h7-9H,4-6H2,1-3H3,(H2,11,12). The summed E-state index contributed by atoms with van der Waals surface area (Å²) < 4.78 is 0. The van der Waals surface area contributed by atoms with Gasteiger partial charge < -0.3 is 5.73 Å². The number of aliphatic imine (C=N–C) groups is 1. The molecular formula is C10H20N2S2. The minimum Gasteiger partial charge on any atom is -0.387 e. The molecule has 0 aromatic heterocycles. The molecule has 1 rings (SSSR count). The highest BCUT2D eigenvalue weighted by atomic mass is 32.2. The highest BCUT2D eigenvalue weighted by Gasteiger charge is 2.27. The van der Waals surface area contributed by atoms with Crippen LogP contribution in [0.4, 0.5) is 0 Å². The zero-order chi connectivity index (χ0) is 10.6. The number of nitrogens with zero attached hydrogens (tertiary/aromatic N) is 1. The average Bonchev–Trinajstić information content (AvgIpc) is 2.18. The molecule has 4 heteroatoms. The largest absolute Gasteiger partial charge is 0.387 e. The van der Waals surface area contributed by atoms with E-state index < -0.39 is 0 Å². The van der Waals surface area contributed by atoms with Gasteiger partial charge in [0.25, 0.3) is 0 Å². The van der Waals surface area contributed by atoms with Gasteiger partial charge in [0.15, 0.2) is 0 Å². The highest BCUT2D eigenvalue weighted by molar-refractivity contribution is 8.08. The molecule has 0 saturated carbocycles. The maximum Gasteiger partial charge on any atom is 0.108 e. The molecule has 1 heterocycles. The van der Waals surface area contributed by atoms with Crippen LogP contribution >= 0.6 is 23.5 Å². The van der Waals surface area contributed by atoms with Gasteiger partial charge in [-0.3, -0.25) is 4.99 Å². The molecule has 1 aliphatic heterocycles. The molecule has 0 bridgehead atoms. The van der Waals surface area contributed by atoms with Gasteiger partial charge in [-0.1, -0.05) is 20.8 Å². The molecule has 1 saturated heterocycles. The SMILES string of the molecule is CCCN=C(N)C1CSC(C)C(C)S1. The summed E-state index contributed by atoms with van der Waals surface area (Å²) in [6.07, 6.45) is 1.08. The second-order valence-corrected chi connectivity index (χ2v) is 6.67. The monoisotopic (exact) mass is 232 g/mol. The van der Waals surface area contributed by atoms with Crippen LogP contribution in [0.1, 0.15) is 27.2 Å². The van der Waals surface area contributed by atoms with E-state index in [2.05, 4.69) is 25.8 Å². The number of thioether (sulfide) groups is 2. The van der Waals surface area contributed by atoms with E-state index in [0.29, 0.717) is 10.5 Å². The predicted octanol–water partition coefficient (Wildman–Crippen LogP) is 2.38. The number of rotatable bonds is 3. The molecule has 3 atom stereocenters. The third-order valence-electron chi connectivity index (χ3n) is 2.40. The van der Waals surface area contributed by atoms with Gasteiger partial charge in [0.1, 0.15) is 5.84 Å². The highest BCUT2D eigenvalue weighted by Crippen LogP contribution is 2.35. The van der Waals surface area contributed by atoms with Crippen LogP contribution in [0.25, 0.3) is 0 Å². The first-order valence-corrected chi connectivity index (χ1v) is 7.21. The normalized spacial score (nSPS) is 34.5. The summed E-state index contributed by atoms with van der Waals surface area (Å²) in [6, 6.07) is 0. The van der Waals surface area contributed by atoms with Crippen molar-refractivity contribution < 1.29 is 0 Å². The van der Waals surface area contributed by atoms with Crippen LogP contribution in [0, 0.1) is 0 Å². The average molecular weight is 232 g/mol. The Morgan fingerprint density at radius 3 is 2.71 bits per heavy atom. The summed E-state index contributed by atoms with van der Waals surface area (Å²) in [7, 11) is 0. The summed E-state index contributed by atoms with van der Waals surface area (Å²) in [5, 5.41) is 1.88. The van der Waals surface area contributed by atoms with Crippen molar-refractivity contribution in [1.29, 1.82) is 0 Å². The van der Waals surface area contributed by atoms with Crippen LogP contribution in [0.15, 0.2) is 4.99 Å². The molecule has 0 aromatic rings. The molecule has 1 aliphatic rings. The van der Waals surface area contributed by atoms with Crippen LogP contribution in [0.5, 0.6) is 0 Å². The van der Waals surface area contributed by atoms with E-state index in [-0.39, 0.29) is 0 Å². The van der Waals surface area contributed by atoms with Crippen molar-refractivity contribution in [3.63, 3.8) is 0 Å². The fraction of sp³-hybridized carbons (Fsp3) is 0.900. The lowest BCUT2D eigenvalue weighted by molar-refractivity contribution is 0.901. The molecule has 0 radical (unpaired) electrons. The Kier molecular flexibility index (Phi) is 5.17. The summed E-state index contributed by atoms with van der Waals surface area (Å²) in [6.45, 7) is 7.57. The van der Waals surface area contributed by atoms with E-state index in [0.717, 1.165) is 29.8 Å². The van der Waals surface area contributed by atoms with Crippen LogP contribution in [-0.4, -0.2) is 33.9 Å². The predicted molar refractivity (Wildman–Crippen MR) is 69.5 cm³/mol. The molecule has 1 fully saturated rings. The van der Waals surface area contributed by atoms with Crippen molar-refractivity contribution in [2.75, 3.05) is 12.3 Å². The first kappa shape index (κ1) is 12.2. The van der Waals surface area contributed by atoms with Crippen LogP contribution < -0.4 is 5.73 Å². The quantitative estimate of drug-likeness (QED) is 0.600. The van der Waals surface area contributed by atoms with E-state index in [1.165, 1.54) is 0 Å². The molecule has 0 aliphatic carbocycles. The van der Waals surface area contributed by atoms with Gasteiger partial charge >= 0.3 is 0 Å². The Labute approximate surface area is 95.5 Å². The first-order chi connectivity index (χ1) is 6.65. The van der Waals surface area contributed by atoms with Gasteiger partial charge in [-0.25, -0.2) is 0 Å². The molecule has 2 nitrogen and oxygen atoms in total. The zero-order valence-electron chi connectivity index (χ0n) is 9.19. The fourth-order valence-corrected chi connectivity index (χ4v) is 4.13. The van der Waals surface area contributed by atoms with Crippen molar-refractivity contribution in [2.45, 2.75) is 42.9 Å². The minimum absolute atomic E-state index is 0.442. The number of amidine groups is 1. The number of hydrogen-bond donors (Lipinski definition) is 1. The third-order valence-corrected chi connectivity index (χ3v) is 5.82. The smallest absolute Gasteiger partial charge is 0.108 e. The summed E-state index contributed by atoms with van der Waals surface area (Å²) in [4.78, 5) is 4.39. The first-order valence-electron chi connectivity index (χ1n) is 5.22. The zero-order valence-corrected chi connectivity index (χ0v) is 10.8. The lowest BCUT2D eigenvalue weighted by Gasteiger charge is -2.30. The van der Waals surface area contributed by atoms with E-state index in [1.54, 1.807) is 0 Å². The van der Waals surface area contributed by atoms with Gasteiger partial charge in [0.05, 0.1) is 5.25 Å². The van der Waals surface area contributed by atoms with Crippen LogP contribution in [0.2, 0.25) is 0 Å². The van der Waals surface area contributed by atoms with Gasteiger partial charge in [0, 0.05) is 22.8 Å². The molecule has 0 aromatic carbocycles. The number of hydrogen-bond acceptors (Lipinski definition) is 3. The maximum absolute atomic E-state index is 5.96. The van der Waals surface area contributed by atoms with Gasteiger partial charge in [-0.15, -0.1) is 11.8 Å². The van der Waals surface area contributed by atoms with Crippen LogP contribution in [-0.2, 0) is 0 Å². The third kappa shape index (κ3) is 3.39. The molecule has 0 amide bonds. The Hall–Kier alpha value is 0.170. The Morgan fingerprint density at radius 2 is 2.14 bits per heavy atom. The molecular weight excluding hydrogens is 212 g/mol. The van der Waals surface area contributed by atoms with E-state index in [4.69, 9.17) is 5.73 Å². The lowest BCUT2D eigenvalue weighted by Crippen LogP contribution is -2.36. The van der Waals surface area contributed by atoms with Crippen molar-refractivity contribution in [2.24, 2.45) is 10.7 Å². The van der Waals surface area contributed by atoms with E-state index in [9.17, 15) is 0 Å². The fourth-order valence-electron chi connectivity index (χ4n) is 1.28. The molecule has 82 valence electrons. The van der Waals surface area contributed by atoms with Gasteiger partial charge in [-0.2, -0.15) is 11.8 Å². The summed E-state index contributed by atoms with van der Waals surface area (Å²) in [5.74, 6) is 1.97. The second-order valence-electron chi connectivity index (χ2n) is 3.67. The Bertz CT molecular complexity index is 206. The Balaban J connectivity index is 2.45. The minimum atomic E-state index is 0.442. The van der Waals surface area contributed by atoms with Crippen LogP contribution in [0.3, 0.4) is 0 Å². The second kappa shape index (κ2) is 5.91. The lowest BCUT2D eigenvalue weighted by atomic mass is 10.3. The van der Waals surface area contributed by atoms with E-state index in [1.807, 2.05) is 23.5 Å². The van der Waals surface area contributed by atoms with Crippen molar-refractivity contribution in [3.05, 3.63) is 0 Å². The topological polar surface area (TPSA) is 38.4 Å². The van der Waals surface area contributed by atoms with Crippen molar-refractivity contribution in [1.82, 2.24) is 0 Å². The Morgan fingerprint density at radius 1 is 1.43 bits per heavy atom. The van der Waals surface area contributed by atoms with E-state index >= 15 is 0 Å². The van der Waals surface area contributed by atoms with Crippen molar-refractivity contribution in [3.8, 4) is 0 Å². The molecule has 14 heavy (non-hydrogen) atoms. The van der Waals surface area contributed by atoms with Gasteiger partial charge in [0.2, 0.25) is 0 Å². The molecule has 0 spiro atoms. The molecule has 2 N–H and O–H groups in total. The molecule has 3 unspecified atom stereocenters. The summed E-state index contributed by atoms with van der Waals surface area (Å²) >= 11 is 3.99. The number of nitrogens with two attached hydrogens (primary N) is 1. The van der Waals surface area contributed by atoms with Gasteiger partial charge in [-0.05, 0) is 6.42 Å². The maximum atomic E-state index is 5.96.